The SMILES string of the molecule is CC1=C(C(=O)O)C(c2cccnc2)C(C(=O)CS(=O)(=O)NC(C)C)=C(C)N1. The molecule has 27 heavy (non-hydrogen) atoms. The van der Waals surface area contributed by atoms with Crippen LogP contribution in [0.2, 0.25) is 0 Å². The molecule has 0 bridgehead atoms. The molecule has 1 unspecified atom stereocenters. The summed E-state index contributed by atoms with van der Waals surface area (Å²) < 4.78 is 26.8. The maximum Gasteiger partial charge on any atom is 0.334 e. The standard InChI is InChI=1S/C18H23N3O5S/c1-10(2)21-27(25,26)9-14(22)15-11(3)20-12(4)16(18(23)24)17(15)13-6-5-7-19-8-13/h5-8,10,17,20-21H,9H2,1-4H3,(H,23,24). The lowest BCUT2D eigenvalue weighted by Gasteiger charge is -2.30. The van der Waals surface area contributed by atoms with Crippen molar-refractivity contribution in [1.82, 2.24) is 15.0 Å². The Kier molecular flexibility index (Phi) is 6.17. The maximum absolute atomic E-state index is 12.9. The van der Waals surface area contributed by atoms with Gasteiger partial charge in [0.25, 0.3) is 0 Å². The van der Waals surface area contributed by atoms with Crippen LogP contribution in [0.3, 0.4) is 0 Å². The van der Waals surface area contributed by atoms with Crippen LogP contribution >= 0.6 is 0 Å². The number of ketones is 1. The molecule has 0 aliphatic carbocycles. The second kappa shape index (κ2) is 8.01. The Bertz CT molecular complexity index is 918. The molecular weight excluding hydrogens is 370 g/mol. The van der Waals surface area contributed by atoms with E-state index < -0.39 is 33.4 Å². The van der Waals surface area contributed by atoms with Gasteiger partial charge in [-0.15, -0.1) is 0 Å². The van der Waals surface area contributed by atoms with Gasteiger partial charge in [-0.25, -0.2) is 17.9 Å². The lowest BCUT2D eigenvalue weighted by Crippen LogP contribution is -2.38. The van der Waals surface area contributed by atoms with Crippen LogP contribution in [0.15, 0.2) is 47.1 Å². The van der Waals surface area contributed by atoms with Gasteiger partial charge in [0.1, 0.15) is 5.75 Å². The van der Waals surface area contributed by atoms with Crippen molar-refractivity contribution in [1.29, 1.82) is 0 Å². The fourth-order valence-electron chi connectivity index (χ4n) is 3.18. The average molecular weight is 393 g/mol. The third kappa shape index (κ3) is 4.81. The first-order valence-electron chi connectivity index (χ1n) is 8.38. The van der Waals surface area contributed by atoms with Gasteiger partial charge in [0, 0.05) is 41.3 Å². The minimum atomic E-state index is -3.85. The quantitative estimate of drug-likeness (QED) is 0.637. The van der Waals surface area contributed by atoms with Crippen molar-refractivity contribution in [3.63, 3.8) is 0 Å². The van der Waals surface area contributed by atoms with Crippen molar-refractivity contribution in [3.05, 3.63) is 52.6 Å². The number of aliphatic carboxylic acids is 1. The molecule has 1 aromatic heterocycles. The molecule has 0 saturated carbocycles. The molecule has 1 aromatic rings. The number of allylic oxidation sites excluding steroid dienone is 3. The Morgan fingerprint density at radius 2 is 1.89 bits per heavy atom. The van der Waals surface area contributed by atoms with E-state index in [-0.39, 0.29) is 17.2 Å². The van der Waals surface area contributed by atoms with Gasteiger partial charge in [0.15, 0.2) is 5.78 Å². The number of sulfonamides is 1. The topological polar surface area (TPSA) is 125 Å². The van der Waals surface area contributed by atoms with E-state index in [2.05, 4.69) is 15.0 Å². The fraction of sp³-hybridized carbons (Fsp3) is 0.389. The van der Waals surface area contributed by atoms with Crippen molar-refractivity contribution in [3.8, 4) is 0 Å². The van der Waals surface area contributed by atoms with E-state index >= 15 is 0 Å². The third-order valence-electron chi connectivity index (χ3n) is 4.05. The van der Waals surface area contributed by atoms with E-state index in [1.807, 2.05) is 0 Å². The zero-order valence-corrected chi connectivity index (χ0v) is 16.4. The predicted octanol–water partition coefficient (Wildman–Crippen LogP) is 1.30. The van der Waals surface area contributed by atoms with E-state index in [0.717, 1.165) is 0 Å². The largest absolute Gasteiger partial charge is 0.478 e. The van der Waals surface area contributed by atoms with Gasteiger partial charge < -0.3 is 10.4 Å². The number of hydrogen-bond donors (Lipinski definition) is 3. The van der Waals surface area contributed by atoms with Crippen molar-refractivity contribution < 1.29 is 23.1 Å². The monoisotopic (exact) mass is 393 g/mol. The number of aromatic nitrogens is 1. The van der Waals surface area contributed by atoms with Crippen LogP contribution in [0.25, 0.3) is 0 Å². The van der Waals surface area contributed by atoms with Crippen LogP contribution in [0, 0.1) is 0 Å². The van der Waals surface area contributed by atoms with Crippen LogP contribution in [-0.2, 0) is 19.6 Å². The van der Waals surface area contributed by atoms with E-state index in [4.69, 9.17) is 0 Å². The molecule has 3 N–H and O–H groups in total. The van der Waals surface area contributed by atoms with Gasteiger partial charge in [0.05, 0.1) is 5.57 Å². The summed E-state index contributed by atoms with van der Waals surface area (Å²) in [5, 5.41) is 12.6. The number of nitrogens with one attached hydrogen (secondary N) is 2. The number of Topliss-reactive ketones (excluding diaryl/α,β-unsaturated/α-hetero) is 1. The molecule has 0 aromatic carbocycles. The predicted molar refractivity (Wildman–Crippen MR) is 100 cm³/mol. The summed E-state index contributed by atoms with van der Waals surface area (Å²) in [6.07, 6.45) is 3.02. The number of rotatable bonds is 7. The zero-order valence-electron chi connectivity index (χ0n) is 15.6. The lowest BCUT2D eigenvalue weighted by atomic mass is 9.79. The summed E-state index contributed by atoms with van der Waals surface area (Å²) in [4.78, 5) is 28.8. The highest BCUT2D eigenvalue weighted by Crippen LogP contribution is 2.38. The number of dihydropyridines is 1. The number of hydrogen-bond acceptors (Lipinski definition) is 6. The molecule has 1 atom stereocenters. The molecular formula is C18H23N3O5S. The fourth-order valence-corrected chi connectivity index (χ4v) is 4.48. The lowest BCUT2D eigenvalue weighted by molar-refractivity contribution is -0.133. The molecule has 0 radical (unpaired) electrons. The minimum absolute atomic E-state index is 0.00818. The molecule has 1 aliphatic rings. The van der Waals surface area contributed by atoms with Crippen molar-refractivity contribution in [2.45, 2.75) is 39.7 Å². The summed E-state index contributed by atoms with van der Waals surface area (Å²) >= 11 is 0. The zero-order chi connectivity index (χ0) is 20.4. The number of carboxylic acids is 1. The highest BCUT2D eigenvalue weighted by Gasteiger charge is 2.37. The Morgan fingerprint density at radius 1 is 1.26 bits per heavy atom. The molecule has 2 rings (SSSR count). The normalized spacial score (nSPS) is 17.9. The van der Waals surface area contributed by atoms with Gasteiger partial charge >= 0.3 is 5.97 Å². The summed E-state index contributed by atoms with van der Waals surface area (Å²) in [7, 11) is -3.85. The first kappa shape index (κ1) is 20.8. The van der Waals surface area contributed by atoms with Crippen LogP contribution < -0.4 is 10.0 Å². The average Bonchev–Trinajstić information content (AvgIpc) is 2.52. The summed E-state index contributed by atoms with van der Waals surface area (Å²) in [6, 6.07) is 2.95. The molecule has 9 heteroatoms. The number of carbonyl (C=O) groups excluding carboxylic acids is 1. The van der Waals surface area contributed by atoms with Crippen molar-refractivity contribution in [2.24, 2.45) is 0 Å². The van der Waals surface area contributed by atoms with E-state index in [0.29, 0.717) is 17.0 Å². The molecule has 8 nitrogen and oxygen atoms in total. The van der Waals surface area contributed by atoms with Crippen LogP contribution in [0.4, 0.5) is 0 Å². The number of nitrogens with zero attached hydrogens (tertiary/aromatic N) is 1. The number of pyridine rings is 1. The van der Waals surface area contributed by atoms with Crippen LogP contribution in [-0.4, -0.2) is 42.1 Å². The van der Waals surface area contributed by atoms with Gasteiger partial charge in [-0.1, -0.05) is 6.07 Å². The van der Waals surface area contributed by atoms with Gasteiger partial charge in [-0.05, 0) is 39.3 Å². The number of carboxylic acid groups (broad SMARTS) is 1. The second-order valence-electron chi connectivity index (χ2n) is 6.68. The van der Waals surface area contributed by atoms with Gasteiger partial charge in [0.2, 0.25) is 10.0 Å². The first-order chi connectivity index (χ1) is 12.5. The smallest absolute Gasteiger partial charge is 0.334 e. The summed E-state index contributed by atoms with van der Waals surface area (Å²) in [5.41, 5.74) is 1.43. The molecule has 0 amide bonds. The Hall–Kier alpha value is -2.52. The molecule has 0 saturated heterocycles. The molecule has 2 heterocycles. The van der Waals surface area contributed by atoms with Crippen molar-refractivity contribution in [2.75, 3.05) is 5.75 Å². The molecule has 1 aliphatic heterocycles. The van der Waals surface area contributed by atoms with E-state index in [1.54, 1.807) is 39.8 Å². The number of carbonyl (C=O) groups is 2. The molecule has 146 valence electrons. The highest BCUT2D eigenvalue weighted by molar-refractivity contribution is 7.90. The second-order valence-corrected chi connectivity index (χ2v) is 8.44. The van der Waals surface area contributed by atoms with Gasteiger partial charge in [-0.2, -0.15) is 0 Å². The van der Waals surface area contributed by atoms with Crippen LogP contribution in [0.5, 0.6) is 0 Å². The third-order valence-corrected chi connectivity index (χ3v) is 5.52. The Morgan fingerprint density at radius 3 is 2.41 bits per heavy atom. The molecule has 0 spiro atoms. The van der Waals surface area contributed by atoms with E-state index in [9.17, 15) is 23.1 Å². The first-order valence-corrected chi connectivity index (χ1v) is 10.0. The van der Waals surface area contributed by atoms with Crippen molar-refractivity contribution >= 4 is 21.8 Å². The summed E-state index contributed by atoms with van der Waals surface area (Å²) in [6.45, 7) is 6.54. The molecule has 0 fully saturated rings. The van der Waals surface area contributed by atoms with E-state index in [1.165, 1.54) is 12.4 Å². The summed E-state index contributed by atoms with van der Waals surface area (Å²) in [5.74, 6) is -3.51. The maximum atomic E-state index is 12.9. The van der Waals surface area contributed by atoms with Crippen LogP contribution in [0.1, 0.15) is 39.2 Å². The minimum Gasteiger partial charge on any atom is -0.478 e. The van der Waals surface area contributed by atoms with Gasteiger partial charge in [-0.3, -0.25) is 9.78 Å². The Labute approximate surface area is 158 Å². The Balaban J connectivity index is 2.53. The highest BCUT2D eigenvalue weighted by atomic mass is 32.2.